The average Bonchev–Trinajstić information content (AvgIpc) is 2.43. The van der Waals surface area contributed by atoms with Crippen LogP contribution in [0.2, 0.25) is 0 Å². The lowest BCUT2D eigenvalue weighted by Gasteiger charge is -2.31. The second-order valence-corrected chi connectivity index (χ2v) is 5.15. The molecule has 1 saturated heterocycles. The summed E-state index contributed by atoms with van der Waals surface area (Å²) >= 11 is 0. The summed E-state index contributed by atoms with van der Waals surface area (Å²) in [6, 6.07) is 5.25. The van der Waals surface area contributed by atoms with Gasteiger partial charge in [-0.3, -0.25) is 4.90 Å². The molecule has 0 amide bonds. The van der Waals surface area contributed by atoms with Crippen LogP contribution < -0.4 is 10.5 Å². The largest absolute Gasteiger partial charge is 0.491 e. The van der Waals surface area contributed by atoms with E-state index in [2.05, 4.69) is 4.90 Å². The maximum atomic E-state index is 13.7. The minimum atomic E-state index is -0.267. The van der Waals surface area contributed by atoms with Crippen molar-refractivity contribution in [3.8, 4) is 5.75 Å². The fourth-order valence-electron chi connectivity index (χ4n) is 2.55. The molecule has 0 atom stereocenters. The Labute approximate surface area is 126 Å². The van der Waals surface area contributed by atoms with Crippen molar-refractivity contribution in [1.29, 1.82) is 0 Å². The molecule has 1 aromatic carbocycles. The van der Waals surface area contributed by atoms with Crippen molar-refractivity contribution in [3.63, 3.8) is 0 Å². The molecule has 20 heavy (non-hydrogen) atoms. The predicted octanol–water partition coefficient (Wildman–Crippen LogP) is 2.82. The highest BCUT2D eigenvalue weighted by atomic mass is 35.5. The first-order chi connectivity index (χ1) is 9.22. The van der Waals surface area contributed by atoms with Gasteiger partial charge in [0, 0.05) is 6.54 Å². The molecule has 0 aliphatic carbocycles. The minimum Gasteiger partial charge on any atom is -0.491 e. The third-order valence-corrected chi connectivity index (χ3v) is 3.74. The molecule has 1 aromatic rings. The maximum absolute atomic E-state index is 13.7. The van der Waals surface area contributed by atoms with E-state index in [0.29, 0.717) is 18.3 Å². The van der Waals surface area contributed by atoms with Gasteiger partial charge in [-0.1, -0.05) is 6.07 Å². The van der Waals surface area contributed by atoms with E-state index in [1.54, 1.807) is 12.1 Å². The lowest BCUT2D eigenvalue weighted by molar-refractivity contribution is 0.180. The first kappa shape index (κ1) is 17.2. The molecule has 1 fully saturated rings. The Hall–Kier alpha value is -0.840. The van der Waals surface area contributed by atoms with Crippen LogP contribution in [0, 0.1) is 11.7 Å². The number of nitrogens with two attached hydrogens (primary N) is 1. The van der Waals surface area contributed by atoms with Crippen molar-refractivity contribution >= 4 is 12.4 Å². The van der Waals surface area contributed by atoms with Gasteiger partial charge in [-0.15, -0.1) is 12.4 Å². The van der Waals surface area contributed by atoms with Gasteiger partial charge in [-0.2, -0.15) is 0 Å². The van der Waals surface area contributed by atoms with Crippen LogP contribution in [0.4, 0.5) is 4.39 Å². The third-order valence-electron chi connectivity index (χ3n) is 3.74. The number of benzene rings is 1. The summed E-state index contributed by atoms with van der Waals surface area (Å²) < 4.78 is 19.0. The minimum absolute atomic E-state index is 0. The predicted molar refractivity (Wildman–Crippen MR) is 81.9 cm³/mol. The fraction of sp³-hybridized carbons (Fsp3) is 0.600. The first-order valence-corrected chi connectivity index (χ1v) is 7.06. The second-order valence-electron chi connectivity index (χ2n) is 5.15. The van der Waals surface area contributed by atoms with Gasteiger partial charge in [-0.25, -0.2) is 4.39 Å². The van der Waals surface area contributed by atoms with Gasteiger partial charge < -0.3 is 10.5 Å². The van der Waals surface area contributed by atoms with Crippen LogP contribution in [0.3, 0.4) is 0 Å². The van der Waals surface area contributed by atoms with Crippen molar-refractivity contribution in [1.82, 2.24) is 4.90 Å². The van der Waals surface area contributed by atoms with Crippen molar-refractivity contribution in [2.45, 2.75) is 26.3 Å². The normalized spacial score (nSPS) is 16.8. The Kier molecular flexibility index (Phi) is 7.27. The van der Waals surface area contributed by atoms with Crippen LogP contribution in [-0.2, 0) is 6.54 Å². The summed E-state index contributed by atoms with van der Waals surface area (Å²) in [5.74, 6) is 0.734. The summed E-state index contributed by atoms with van der Waals surface area (Å²) in [5.41, 5.74) is 6.69. The van der Waals surface area contributed by atoms with Crippen LogP contribution in [0.25, 0.3) is 0 Å². The second kappa shape index (κ2) is 8.45. The van der Waals surface area contributed by atoms with E-state index in [4.69, 9.17) is 10.5 Å². The summed E-state index contributed by atoms with van der Waals surface area (Å²) in [5, 5.41) is 0. The van der Waals surface area contributed by atoms with Gasteiger partial charge >= 0.3 is 0 Å². The Morgan fingerprint density at radius 2 is 2.05 bits per heavy atom. The molecule has 2 rings (SSSR count). The van der Waals surface area contributed by atoms with Crippen LogP contribution >= 0.6 is 12.4 Å². The Morgan fingerprint density at radius 1 is 1.35 bits per heavy atom. The molecule has 1 heterocycles. The molecule has 3 nitrogen and oxygen atoms in total. The number of nitrogens with zero attached hydrogens (tertiary/aromatic N) is 1. The van der Waals surface area contributed by atoms with Gasteiger partial charge in [0.05, 0.1) is 6.61 Å². The highest BCUT2D eigenvalue weighted by molar-refractivity contribution is 5.85. The molecule has 114 valence electrons. The topological polar surface area (TPSA) is 38.5 Å². The van der Waals surface area contributed by atoms with Crippen LogP contribution in [0.1, 0.15) is 25.3 Å². The molecule has 0 aromatic heterocycles. The van der Waals surface area contributed by atoms with E-state index < -0.39 is 0 Å². The van der Waals surface area contributed by atoms with Gasteiger partial charge in [0.25, 0.3) is 0 Å². The Balaban J connectivity index is 0.00000200. The molecule has 1 aliphatic rings. The molecule has 0 radical (unpaired) electrons. The van der Waals surface area contributed by atoms with Gasteiger partial charge in [-0.05, 0) is 63.0 Å². The molecule has 5 heteroatoms. The maximum Gasteiger partial charge on any atom is 0.165 e. The monoisotopic (exact) mass is 302 g/mol. The third kappa shape index (κ3) is 4.62. The summed E-state index contributed by atoms with van der Waals surface area (Å²) in [7, 11) is 0. The molecular formula is C15H24ClFN2O. The number of piperidine rings is 1. The molecule has 0 saturated carbocycles. The number of ether oxygens (including phenoxy) is 1. The van der Waals surface area contributed by atoms with Crippen molar-refractivity contribution in [2.75, 3.05) is 26.2 Å². The van der Waals surface area contributed by atoms with E-state index in [-0.39, 0.29) is 18.2 Å². The Morgan fingerprint density at radius 3 is 2.60 bits per heavy atom. The average molecular weight is 303 g/mol. The van der Waals surface area contributed by atoms with E-state index in [0.717, 1.165) is 44.6 Å². The zero-order valence-corrected chi connectivity index (χ0v) is 12.8. The molecular weight excluding hydrogens is 279 g/mol. The molecule has 1 aliphatic heterocycles. The van der Waals surface area contributed by atoms with Crippen LogP contribution in [0.5, 0.6) is 5.75 Å². The van der Waals surface area contributed by atoms with Gasteiger partial charge in [0.1, 0.15) is 0 Å². The number of rotatable bonds is 5. The molecule has 0 unspecified atom stereocenters. The number of hydrogen-bond acceptors (Lipinski definition) is 3. The van der Waals surface area contributed by atoms with Gasteiger partial charge in [0.15, 0.2) is 11.6 Å². The van der Waals surface area contributed by atoms with Crippen molar-refractivity contribution < 1.29 is 9.13 Å². The molecule has 0 bridgehead atoms. The molecule has 0 spiro atoms. The summed E-state index contributed by atoms with van der Waals surface area (Å²) in [4.78, 5) is 2.36. The highest BCUT2D eigenvalue weighted by Crippen LogP contribution is 2.21. The summed E-state index contributed by atoms with van der Waals surface area (Å²) in [6.45, 7) is 6.04. The standard InChI is InChI=1S/C15H23FN2O.ClH/c1-2-19-15-4-3-13(9-14(15)16)11-18-7-5-12(10-17)6-8-18;/h3-4,9,12H,2,5-8,10-11,17H2,1H3;1H. The summed E-state index contributed by atoms with van der Waals surface area (Å²) in [6.07, 6.45) is 2.30. The van der Waals surface area contributed by atoms with Crippen LogP contribution in [-0.4, -0.2) is 31.1 Å². The Bertz CT molecular complexity index is 409. The lowest BCUT2D eigenvalue weighted by atomic mass is 9.97. The number of likely N-dealkylation sites (tertiary alicyclic amines) is 1. The smallest absolute Gasteiger partial charge is 0.165 e. The zero-order valence-electron chi connectivity index (χ0n) is 12.0. The first-order valence-electron chi connectivity index (χ1n) is 7.06. The quantitative estimate of drug-likeness (QED) is 0.909. The SMILES string of the molecule is CCOc1ccc(CN2CCC(CN)CC2)cc1F.Cl. The zero-order chi connectivity index (χ0) is 13.7. The van der Waals surface area contributed by atoms with Crippen molar-refractivity contribution in [3.05, 3.63) is 29.6 Å². The van der Waals surface area contributed by atoms with E-state index in [1.165, 1.54) is 0 Å². The number of halogens is 2. The fourth-order valence-corrected chi connectivity index (χ4v) is 2.55. The highest BCUT2D eigenvalue weighted by Gasteiger charge is 2.18. The van der Waals surface area contributed by atoms with E-state index in [9.17, 15) is 4.39 Å². The molecule has 2 N–H and O–H groups in total. The van der Waals surface area contributed by atoms with Crippen molar-refractivity contribution in [2.24, 2.45) is 11.7 Å². The van der Waals surface area contributed by atoms with Crippen LogP contribution in [0.15, 0.2) is 18.2 Å². The van der Waals surface area contributed by atoms with Gasteiger partial charge in [0.2, 0.25) is 0 Å². The number of hydrogen-bond donors (Lipinski definition) is 1. The lowest BCUT2D eigenvalue weighted by Crippen LogP contribution is -2.35. The van der Waals surface area contributed by atoms with E-state index >= 15 is 0 Å². The van der Waals surface area contributed by atoms with E-state index in [1.807, 2.05) is 13.0 Å².